The summed E-state index contributed by atoms with van der Waals surface area (Å²) in [7, 11) is 1.89. The molecule has 0 spiro atoms. The van der Waals surface area contributed by atoms with Crippen LogP contribution >= 0.6 is 0 Å². The van der Waals surface area contributed by atoms with Gasteiger partial charge in [0.25, 0.3) is 0 Å². The van der Waals surface area contributed by atoms with Crippen LogP contribution < -0.4 is 5.32 Å². The maximum Gasteiger partial charge on any atom is 0.120 e. The molecule has 0 amide bonds. The summed E-state index contributed by atoms with van der Waals surface area (Å²) in [6, 6.07) is 0. The van der Waals surface area contributed by atoms with Gasteiger partial charge in [-0.25, -0.2) is 0 Å². The van der Waals surface area contributed by atoms with Crippen LogP contribution in [-0.2, 0) is 0 Å². The molecular formula is C9H17N3O. The standard InChI is InChI=1S/C9H17N3O/c1-10-9(8-11-4-7-13)12-5-2-3-6-12/h4,8,10,13H,2-3,5-7H2,1H3/b9-8+,11-4?. The normalized spacial score (nSPS) is 18.6. The van der Waals surface area contributed by atoms with E-state index in [2.05, 4.69) is 15.2 Å². The fraction of sp³-hybridized carbons (Fsp3) is 0.667. The number of rotatable bonds is 4. The summed E-state index contributed by atoms with van der Waals surface area (Å²) < 4.78 is 0. The molecule has 2 N–H and O–H groups in total. The number of hydrogen-bond acceptors (Lipinski definition) is 4. The number of nitrogens with zero attached hydrogens (tertiary/aromatic N) is 2. The van der Waals surface area contributed by atoms with Crippen molar-refractivity contribution in [2.75, 3.05) is 26.7 Å². The number of aliphatic imine (C=N–C) groups is 1. The highest BCUT2D eigenvalue weighted by atomic mass is 16.2. The van der Waals surface area contributed by atoms with E-state index < -0.39 is 0 Å². The summed E-state index contributed by atoms with van der Waals surface area (Å²) in [5.41, 5.74) is 0. The molecule has 1 aliphatic heterocycles. The first-order valence-corrected chi connectivity index (χ1v) is 4.64. The van der Waals surface area contributed by atoms with Crippen molar-refractivity contribution in [3.8, 4) is 0 Å². The Labute approximate surface area is 79.0 Å². The molecule has 0 radical (unpaired) electrons. The molecule has 0 aromatic heterocycles. The Kier molecular flexibility index (Phi) is 4.32. The van der Waals surface area contributed by atoms with E-state index in [1.165, 1.54) is 19.1 Å². The fourth-order valence-electron chi connectivity index (χ4n) is 1.43. The van der Waals surface area contributed by atoms with E-state index in [9.17, 15) is 0 Å². The molecule has 0 aliphatic carbocycles. The van der Waals surface area contributed by atoms with E-state index in [0.717, 1.165) is 18.9 Å². The van der Waals surface area contributed by atoms with Gasteiger partial charge in [-0.15, -0.1) is 0 Å². The van der Waals surface area contributed by atoms with E-state index in [0.29, 0.717) is 0 Å². The summed E-state index contributed by atoms with van der Waals surface area (Å²) >= 11 is 0. The molecule has 1 heterocycles. The Hall–Kier alpha value is -1.03. The van der Waals surface area contributed by atoms with Gasteiger partial charge in [0.05, 0.1) is 12.8 Å². The molecule has 1 fully saturated rings. The first kappa shape index (κ1) is 10.1. The molecule has 4 heteroatoms. The number of aliphatic hydroxyl groups is 1. The quantitative estimate of drug-likeness (QED) is 0.610. The van der Waals surface area contributed by atoms with Gasteiger partial charge in [0.2, 0.25) is 0 Å². The zero-order valence-electron chi connectivity index (χ0n) is 8.03. The monoisotopic (exact) mass is 183 g/mol. The maximum absolute atomic E-state index is 8.50. The van der Waals surface area contributed by atoms with Crippen molar-refractivity contribution in [3.63, 3.8) is 0 Å². The molecule has 0 bridgehead atoms. The van der Waals surface area contributed by atoms with Crippen LogP contribution in [0.3, 0.4) is 0 Å². The third-order valence-electron chi connectivity index (χ3n) is 2.09. The second kappa shape index (κ2) is 5.59. The van der Waals surface area contributed by atoms with Crippen LogP contribution in [-0.4, -0.2) is 43.0 Å². The van der Waals surface area contributed by atoms with Gasteiger partial charge in [-0.05, 0) is 12.8 Å². The van der Waals surface area contributed by atoms with Crippen LogP contribution in [0.2, 0.25) is 0 Å². The number of hydrogen-bond donors (Lipinski definition) is 2. The average molecular weight is 183 g/mol. The van der Waals surface area contributed by atoms with E-state index in [-0.39, 0.29) is 6.61 Å². The lowest BCUT2D eigenvalue weighted by Gasteiger charge is -2.19. The minimum absolute atomic E-state index is 0.00645. The Bertz CT molecular complexity index is 195. The van der Waals surface area contributed by atoms with Crippen molar-refractivity contribution in [3.05, 3.63) is 12.0 Å². The van der Waals surface area contributed by atoms with Crippen LogP contribution in [0.1, 0.15) is 12.8 Å². The SMILES string of the molecule is CN/C(=C\N=CCO)N1CCCC1. The fourth-order valence-corrected chi connectivity index (χ4v) is 1.43. The molecule has 0 aromatic carbocycles. The number of aliphatic hydroxyl groups excluding tert-OH is 1. The Morgan fingerprint density at radius 1 is 1.54 bits per heavy atom. The first-order valence-electron chi connectivity index (χ1n) is 4.64. The Morgan fingerprint density at radius 3 is 2.77 bits per heavy atom. The van der Waals surface area contributed by atoms with Gasteiger partial charge < -0.3 is 15.3 Å². The minimum atomic E-state index is -0.00645. The van der Waals surface area contributed by atoms with Crippen molar-refractivity contribution >= 4 is 6.21 Å². The third-order valence-corrected chi connectivity index (χ3v) is 2.09. The molecule has 0 unspecified atom stereocenters. The van der Waals surface area contributed by atoms with Gasteiger partial charge in [-0.2, -0.15) is 0 Å². The maximum atomic E-state index is 8.50. The summed E-state index contributed by atoms with van der Waals surface area (Å²) in [6.45, 7) is 2.19. The highest BCUT2D eigenvalue weighted by molar-refractivity contribution is 5.58. The third kappa shape index (κ3) is 3.06. The first-order chi connectivity index (χ1) is 6.38. The molecule has 0 atom stereocenters. The molecule has 0 aromatic rings. The lowest BCUT2D eigenvalue weighted by atomic mass is 10.4. The van der Waals surface area contributed by atoms with Crippen LogP contribution in [0.15, 0.2) is 17.0 Å². The predicted octanol–water partition coefficient (Wildman–Crippen LogP) is 0.164. The zero-order chi connectivity index (χ0) is 9.52. The van der Waals surface area contributed by atoms with Crippen molar-refractivity contribution in [2.45, 2.75) is 12.8 Å². The lowest BCUT2D eigenvalue weighted by Crippen LogP contribution is -2.26. The summed E-state index contributed by atoms with van der Waals surface area (Å²) in [6.07, 6.45) is 5.74. The molecule has 4 nitrogen and oxygen atoms in total. The second-order valence-corrected chi connectivity index (χ2v) is 2.97. The Morgan fingerprint density at radius 2 is 2.23 bits per heavy atom. The van der Waals surface area contributed by atoms with Gasteiger partial charge in [0, 0.05) is 26.4 Å². The summed E-state index contributed by atoms with van der Waals surface area (Å²) in [4.78, 5) is 6.22. The highest BCUT2D eigenvalue weighted by Crippen LogP contribution is 2.11. The van der Waals surface area contributed by atoms with Crippen molar-refractivity contribution in [1.82, 2.24) is 10.2 Å². The topological polar surface area (TPSA) is 47.9 Å². The van der Waals surface area contributed by atoms with Crippen LogP contribution in [0.25, 0.3) is 0 Å². The molecule has 13 heavy (non-hydrogen) atoms. The lowest BCUT2D eigenvalue weighted by molar-refractivity contribution is 0.361. The average Bonchev–Trinajstić information content (AvgIpc) is 2.65. The van der Waals surface area contributed by atoms with Gasteiger partial charge in [-0.3, -0.25) is 4.99 Å². The van der Waals surface area contributed by atoms with Crippen molar-refractivity contribution in [1.29, 1.82) is 0 Å². The van der Waals surface area contributed by atoms with Gasteiger partial charge in [-0.1, -0.05) is 0 Å². The minimum Gasteiger partial charge on any atom is -0.391 e. The molecule has 74 valence electrons. The molecule has 1 saturated heterocycles. The molecule has 1 aliphatic rings. The van der Waals surface area contributed by atoms with E-state index in [1.54, 1.807) is 6.20 Å². The van der Waals surface area contributed by atoms with E-state index >= 15 is 0 Å². The van der Waals surface area contributed by atoms with Crippen LogP contribution in [0, 0.1) is 0 Å². The van der Waals surface area contributed by atoms with E-state index in [1.807, 2.05) is 7.05 Å². The van der Waals surface area contributed by atoms with Gasteiger partial charge in [0.1, 0.15) is 5.82 Å². The smallest absolute Gasteiger partial charge is 0.120 e. The molecular weight excluding hydrogens is 166 g/mol. The second-order valence-electron chi connectivity index (χ2n) is 2.97. The number of likely N-dealkylation sites (tertiary alicyclic amines) is 1. The van der Waals surface area contributed by atoms with Crippen molar-refractivity contribution in [2.24, 2.45) is 4.99 Å². The van der Waals surface area contributed by atoms with Gasteiger partial charge in [0.15, 0.2) is 0 Å². The molecule has 1 rings (SSSR count). The highest BCUT2D eigenvalue weighted by Gasteiger charge is 2.12. The summed E-state index contributed by atoms with van der Waals surface area (Å²) in [5, 5.41) is 11.6. The van der Waals surface area contributed by atoms with Crippen molar-refractivity contribution < 1.29 is 5.11 Å². The van der Waals surface area contributed by atoms with Crippen LogP contribution in [0.5, 0.6) is 0 Å². The summed E-state index contributed by atoms with van der Waals surface area (Å²) in [5.74, 6) is 1.03. The largest absolute Gasteiger partial charge is 0.391 e. The van der Waals surface area contributed by atoms with E-state index in [4.69, 9.17) is 5.11 Å². The van der Waals surface area contributed by atoms with Crippen LogP contribution in [0.4, 0.5) is 0 Å². The Balaban J connectivity index is 2.49. The number of nitrogens with one attached hydrogen (secondary N) is 1. The predicted molar refractivity (Wildman–Crippen MR) is 53.5 cm³/mol. The van der Waals surface area contributed by atoms with Gasteiger partial charge >= 0.3 is 0 Å². The molecule has 0 saturated carbocycles. The zero-order valence-corrected chi connectivity index (χ0v) is 8.03.